The number of benzene rings is 2. The Morgan fingerprint density at radius 1 is 1.09 bits per heavy atom. The molecule has 0 saturated carbocycles. The van der Waals surface area contributed by atoms with Crippen molar-refractivity contribution in [2.24, 2.45) is 0 Å². The van der Waals surface area contributed by atoms with Gasteiger partial charge in [0.15, 0.2) is 0 Å². The molecule has 0 atom stereocenters. The third kappa shape index (κ3) is 3.63. The molecule has 0 aliphatic heterocycles. The molecule has 0 heterocycles. The van der Waals surface area contributed by atoms with Gasteiger partial charge in [-0.2, -0.15) is 8.42 Å². The van der Waals surface area contributed by atoms with Gasteiger partial charge in [-0.15, -0.1) is 0 Å². The summed E-state index contributed by atoms with van der Waals surface area (Å²) in [6.07, 6.45) is 0. The minimum Gasteiger partial charge on any atom is -0.478 e. The molecule has 0 saturated heterocycles. The summed E-state index contributed by atoms with van der Waals surface area (Å²) in [5.74, 6) is -1.02. The van der Waals surface area contributed by atoms with Crippen LogP contribution in [-0.4, -0.2) is 26.5 Å². The lowest BCUT2D eigenvalue weighted by Crippen LogP contribution is -2.38. The van der Waals surface area contributed by atoms with Gasteiger partial charge in [-0.1, -0.05) is 30.3 Å². The Labute approximate surface area is 129 Å². The smallest absolute Gasteiger partial charge is 0.335 e. The van der Waals surface area contributed by atoms with Crippen molar-refractivity contribution >= 4 is 21.9 Å². The second-order valence-electron chi connectivity index (χ2n) is 4.55. The lowest BCUT2D eigenvalue weighted by Gasteiger charge is -2.23. The van der Waals surface area contributed by atoms with Crippen molar-refractivity contribution in [2.75, 3.05) is 11.4 Å². The summed E-state index contributed by atoms with van der Waals surface area (Å²) in [5, 5.41) is 8.89. The number of carboxylic acid groups (broad SMARTS) is 1. The van der Waals surface area contributed by atoms with E-state index in [4.69, 9.17) is 5.11 Å². The molecule has 0 unspecified atom stereocenters. The van der Waals surface area contributed by atoms with Crippen LogP contribution < -0.4 is 9.03 Å². The molecule has 2 aromatic carbocycles. The first-order chi connectivity index (χ1) is 10.4. The van der Waals surface area contributed by atoms with Crippen molar-refractivity contribution in [3.8, 4) is 0 Å². The summed E-state index contributed by atoms with van der Waals surface area (Å²) in [6, 6.07) is 14.8. The van der Waals surface area contributed by atoms with E-state index in [9.17, 15) is 13.2 Å². The minimum absolute atomic E-state index is 0.104. The molecule has 22 heavy (non-hydrogen) atoms. The molecule has 0 spiro atoms. The molecule has 0 amide bonds. The lowest BCUT2D eigenvalue weighted by molar-refractivity contribution is 0.0697. The maximum atomic E-state index is 12.2. The summed E-state index contributed by atoms with van der Waals surface area (Å²) in [5.41, 5.74) is 1.37. The number of anilines is 1. The predicted molar refractivity (Wildman–Crippen MR) is 84.0 cm³/mol. The highest BCUT2D eigenvalue weighted by Crippen LogP contribution is 2.20. The number of aromatic carboxylic acids is 1. The number of nitrogens with zero attached hydrogens (tertiary/aromatic N) is 1. The van der Waals surface area contributed by atoms with Gasteiger partial charge in [-0.3, -0.25) is 4.31 Å². The van der Waals surface area contributed by atoms with Crippen molar-refractivity contribution in [1.29, 1.82) is 0 Å². The van der Waals surface area contributed by atoms with Gasteiger partial charge in [0.1, 0.15) is 0 Å². The SMILES string of the molecule is CNS(=O)(=O)N(Cc1ccc(C(=O)O)cc1)c1ccccc1. The normalized spacial score (nSPS) is 11.1. The fourth-order valence-corrected chi connectivity index (χ4v) is 2.88. The molecule has 0 radical (unpaired) electrons. The summed E-state index contributed by atoms with van der Waals surface area (Å²) < 4.78 is 27.9. The standard InChI is InChI=1S/C15H16N2O4S/c1-16-22(20,21)17(14-5-3-2-4-6-14)11-12-7-9-13(10-8-12)15(18)19/h2-10,16H,11H2,1H3,(H,18,19). The Balaban J connectivity index is 2.33. The van der Waals surface area contributed by atoms with E-state index in [0.717, 1.165) is 0 Å². The number of carbonyl (C=O) groups is 1. The van der Waals surface area contributed by atoms with E-state index in [-0.39, 0.29) is 12.1 Å². The van der Waals surface area contributed by atoms with Gasteiger partial charge in [-0.05, 0) is 29.8 Å². The molecule has 0 aliphatic rings. The summed E-state index contributed by atoms with van der Waals surface area (Å²) in [4.78, 5) is 10.8. The second kappa shape index (κ2) is 6.59. The van der Waals surface area contributed by atoms with Crippen LogP contribution in [0.25, 0.3) is 0 Å². The highest BCUT2D eigenvalue weighted by atomic mass is 32.2. The van der Waals surface area contributed by atoms with Gasteiger partial charge < -0.3 is 5.11 Å². The summed E-state index contributed by atoms with van der Waals surface area (Å²) in [7, 11) is -2.32. The van der Waals surface area contributed by atoms with E-state index < -0.39 is 16.2 Å². The predicted octanol–water partition coefficient (Wildman–Crippen LogP) is 1.86. The van der Waals surface area contributed by atoms with Crippen molar-refractivity contribution in [3.63, 3.8) is 0 Å². The van der Waals surface area contributed by atoms with Crippen LogP contribution in [0, 0.1) is 0 Å². The van der Waals surface area contributed by atoms with E-state index in [1.54, 1.807) is 42.5 Å². The van der Waals surface area contributed by atoms with Gasteiger partial charge in [0.05, 0.1) is 17.8 Å². The molecule has 6 nitrogen and oxygen atoms in total. The molecule has 2 rings (SSSR count). The van der Waals surface area contributed by atoms with Crippen LogP contribution in [0.15, 0.2) is 54.6 Å². The average molecular weight is 320 g/mol. The van der Waals surface area contributed by atoms with E-state index in [1.165, 1.54) is 23.5 Å². The molecule has 116 valence electrons. The zero-order chi connectivity index (χ0) is 16.2. The molecular weight excluding hydrogens is 304 g/mol. The first kappa shape index (κ1) is 16.0. The quantitative estimate of drug-likeness (QED) is 0.850. The van der Waals surface area contributed by atoms with Gasteiger partial charge in [0.25, 0.3) is 0 Å². The summed E-state index contributed by atoms with van der Waals surface area (Å²) in [6.45, 7) is 0.104. The molecule has 2 aromatic rings. The fraction of sp³-hybridized carbons (Fsp3) is 0.133. The van der Waals surface area contributed by atoms with Gasteiger partial charge in [0, 0.05) is 7.05 Å². The Bertz CT molecular complexity index is 743. The number of hydrogen-bond donors (Lipinski definition) is 2. The Hall–Kier alpha value is -2.38. The largest absolute Gasteiger partial charge is 0.478 e. The third-order valence-electron chi connectivity index (χ3n) is 3.12. The van der Waals surface area contributed by atoms with Crippen molar-refractivity contribution < 1.29 is 18.3 Å². The van der Waals surface area contributed by atoms with Crippen LogP contribution in [0.4, 0.5) is 5.69 Å². The van der Waals surface area contributed by atoms with E-state index in [0.29, 0.717) is 11.3 Å². The van der Waals surface area contributed by atoms with Crippen LogP contribution in [0.5, 0.6) is 0 Å². The highest BCUT2D eigenvalue weighted by molar-refractivity contribution is 7.90. The number of carboxylic acids is 1. The Kier molecular flexibility index (Phi) is 4.79. The number of para-hydroxylation sites is 1. The number of rotatable bonds is 6. The first-order valence-corrected chi connectivity index (χ1v) is 7.96. The number of hydrogen-bond acceptors (Lipinski definition) is 3. The zero-order valence-electron chi connectivity index (χ0n) is 11.9. The topological polar surface area (TPSA) is 86.7 Å². The second-order valence-corrected chi connectivity index (χ2v) is 6.35. The molecule has 0 bridgehead atoms. The van der Waals surface area contributed by atoms with Gasteiger partial charge in [-0.25, -0.2) is 9.52 Å². The van der Waals surface area contributed by atoms with E-state index >= 15 is 0 Å². The molecule has 0 aliphatic carbocycles. The average Bonchev–Trinajstić information content (AvgIpc) is 2.53. The fourth-order valence-electron chi connectivity index (χ4n) is 1.94. The van der Waals surface area contributed by atoms with E-state index in [1.807, 2.05) is 0 Å². The van der Waals surface area contributed by atoms with Crippen molar-refractivity contribution in [3.05, 3.63) is 65.7 Å². The van der Waals surface area contributed by atoms with Crippen LogP contribution in [-0.2, 0) is 16.8 Å². The van der Waals surface area contributed by atoms with Crippen LogP contribution >= 0.6 is 0 Å². The van der Waals surface area contributed by atoms with Crippen LogP contribution in [0.2, 0.25) is 0 Å². The molecule has 7 heteroatoms. The monoisotopic (exact) mass is 320 g/mol. The maximum absolute atomic E-state index is 12.2. The third-order valence-corrected chi connectivity index (χ3v) is 4.56. The molecular formula is C15H16N2O4S. The van der Waals surface area contributed by atoms with Crippen molar-refractivity contribution in [1.82, 2.24) is 4.72 Å². The summed E-state index contributed by atoms with van der Waals surface area (Å²) >= 11 is 0. The molecule has 0 aromatic heterocycles. The highest BCUT2D eigenvalue weighted by Gasteiger charge is 2.20. The molecule has 0 fully saturated rings. The van der Waals surface area contributed by atoms with Gasteiger partial charge in [0.2, 0.25) is 0 Å². The van der Waals surface area contributed by atoms with Crippen molar-refractivity contribution in [2.45, 2.75) is 6.54 Å². The van der Waals surface area contributed by atoms with E-state index in [2.05, 4.69) is 4.72 Å². The Morgan fingerprint density at radius 2 is 1.68 bits per heavy atom. The Morgan fingerprint density at radius 3 is 2.18 bits per heavy atom. The lowest BCUT2D eigenvalue weighted by atomic mass is 10.1. The minimum atomic E-state index is -3.67. The van der Waals surface area contributed by atoms with Gasteiger partial charge >= 0.3 is 16.2 Å². The number of nitrogens with one attached hydrogen (secondary N) is 1. The van der Waals surface area contributed by atoms with Crippen LogP contribution in [0.3, 0.4) is 0 Å². The first-order valence-electron chi connectivity index (χ1n) is 6.52. The zero-order valence-corrected chi connectivity index (χ0v) is 12.7. The molecule has 2 N–H and O–H groups in total. The maximum Gasteiger partial charge on any atom is 0.335 e. The van der Waals surface area contributed by atoms with Crippen LogP contribution in [0.1, 0.15) is 15.9 Å².